The Morgan fingerprint density at radius 1 is 1.19 bits per heavy atom. The molecule has 1 aliphatic carbocycles. The van der Waals surface area contributed by atoms with Crippen molar-refractivity contribution in [3.8, 4) is 0 Å². The van der Waals surface area contributed by atoms with Crippen molar-refractivity contribution in [1.82, 2.24) is 15.1 Å². The molecule has 1 saturated heterocycles. The molecule has 1 N–H and O–H groups in total. The van der Waals surface area contributed by atoms with Crippen LogP contribution in [0.3, 0.4) is 0 Å². The molecule has 1 aromatic carbocycles. The van der Waals surface area contributed by atoms with Crippen molar-refractivity contribution in [2.24, 2.45) is 10.9 Å². The molecule has 2 atom stereocenters. The van der Waals surface area contributed by atoms with Crippen LogP contribution in [0.15, 0.2) is 46.1 Å². The van der Waals surface area contributed by atoms with Crippen molar-refractivity contribution in [3.05, 3.63) is 57.8 Å². The summed E-state index contributed by atoms with van der Waals surface area (Å²) in [6.07, 6.45) is 2.81. The summed E-state index contributed by atoms with van der Waals surface area (Å²) >= 11 is 0. The molecule has 3 aliphatic heterocycles. The Balaban J connectivity index is 1.38. The van der Waals surface area contributed by atoms with Crippen molar-refractivity contribution in [2.45, 2.75) is 25.7 Å². The van der Waals surface area contributed by atoms with E-state index < -0.39 is 5.97 Å². The number of carbonyl (C=O) groups is 2. The highest BCUT2D eigenvalue weighted by molar-refractivity contribution is 6.07. The number of aliphatic imine (C=N–C) groups is 1. The van der Waals surface area contributed by atoms with Crippen LogP contribution in [0.2, 0.25) is 0 Å². The number of rotatable bonds is 2. The van der Waals surface area contributed by atoms with Gasteiger partial charge in [0.1, 0.15) is 0 Å². The lowest BCUT2D eigenvalue weighted by molar-refractivity contribution is -0.116. The van der Waals surface area contributed by atoms with Crippen LogP contribution in [0.1, 0.15) is 40.2 Å². The molecule has 0 saturated carbocycles. The topological polar surface area (TPSA) is 65.0 Å². The molecule has 0 aromatic heterocycles. The lowest BCUT2D eigenvalue weighted by atomic mass is 9.75. The SMILES string of the molecule is Cc1cc(C2CC3=C4C(=CC(=O)NCC4C2)C(F)=N3)ccc1C(=O)N1CCN(C)CC1. The monoisotopic (exact) mass is 422 g/mol. The van der Waals surface area contributed by atoms with Crippen molar-refractivity contribution in [2.75, 3.05) is 39.8 Å². The molecular weight excluding hydrogens is 395 g/mol. The number of amides is 2. The average molecular weight is 423 g/mol. The molecule has 7 heteroatoms. The van der Waals surface area contributed by atoms with Crippen LogP contribution in [-0.4, -0.2) is 67.4 Å². The summed E-state index contributed by atoms with van der Waals surface area (Å²) in [6, 6.07) is 6.07. The highest BCUT2D eigenvalue weighted by atomic mass is 19.1. The van der Waals surface area contributed by atoms with Gasteiger partial charge in [0.25, 0.3) is 5.91 Å². The summed E-state index contributed by atoms with van der Waals surface area (Å²) in [4.78, 5) is 33.3. The van der Waals surface area contributed by atoms with Crippen LogP contribution in [0.25, 0.3) is 0 Å². The summed E-state index contributed by atoms with van der Waals surface area (Å²) in [5, 5.41) is 2.87. The molecule has 2 unspecified atom stereocenters. The summed E-state index contributed by atoms with van der Waals surface area (Å²) in [6.45, 7) is 5.78. The number of allylic oxidation sites excluding steroid dienone is 2. The van der Waals surface area contributed by atoms with Crippen molar-refractivity contribution in [1.29, 1.82) is 0 Å². The van der Waals surface area contributed by atoms with E-state index in [1.807, 2.05) is 24.0 Å². The molecular formula is C24H27FN4O2. The highest BCUT2D eigenvalue weighted by Crippen LogP contribution is 2.46. The number of hydrogen-bond acceptors (Lipinski definition) is 4. The Hall–Kier alpha value is -2.80. The van der Waals surface area contributed by atoms with E-state index in [-0.39, 0.29) is 23.7 Å². The van der Waals surface area contributed by atoms with Crippen LogP contribution >= 0.6 is 0 Å². The van der Waals surface area contributed by atoms with Gasteiger partial charge in [0.2, 0.25) is 11.9 Å². The van der Waals surface area contributed by atoms with Crippen LogP contribution in [0, 0.1) is 12.8 Å². The zero-order chi connectivity index (χ0) is 21.7. The van der Waals surface area contributed by atoms with Crippen LogP contribution in [0.5, 0.6) is 0 Å². The third-order valence-corrected chi connectivity index (χ3v) is 7.01. The smallest absolute Gasteiger partial charge is 0.254 e. The van der Waals surface area contributed by atoms with Crippen LogP contribution in [0.4, 0.5) is 4.39 Å². The Labute approximate surface area is 181 Å². The molecule has 0 spiro atoms. The molecule has 4 aliphatic rings. The molecule has 3 heterocycles. The summed E-state index contributed by atoms with van der Waals surface area (Å²) in [5.41, 5.74) is 4.88. The second kappa shape index (κ2) is 7.71. The lowest BCUT2D eigenvalue weighted by Crippen LogP contribution is -2.47. The van der Waals surface area contributed by atoms with Crippen LogP contribution < -0.4 is 5.32 Å². The molecule has 162 valence electrons. The highest BCUT2D eigenvalue weighted by Gasteiger charge is 2.39. The van der Waals surface area contributed by atoms with E-state index >= 15 is 0 Å². The average Bonchev–Trinajstić information content (AvgIpc) is 2.95. The van der Waals surface area contributed by atoms with E-state index in [1.54, 1.807) is 0 Å². The van der Waals surface area contributed by atoms with Crippen molar-refractivity contribution in [3.63, 3.8) is 0 Å². The first-order valence-electron chi connectivity index (χ1n) is 11.0. The van der Waals surface area contributed by atoms with Gasteiger partial charge in [-0.1, -0.05) is 12.1 Å². The molecule has 1 aromatic rings. The zero-order valence-electron chi connectivity index (χ0n) is 17.9. The van der Waals surface area contributed by atoms with Gasteiger partial charge >= 0.3 is 0 Å². The first-order valence-corrected chi connectivity index (χ1v) is 11.0. The summed E-state index contributed by atoms with van der Waals surface area (Å²) in [7, 11) is 2.07. The maximum absolute atomic E-state index is 14.4. The summed E-state index contributed by atoms with van der Waals surface area (Å²) in [5.74, 6) is -0.481. The predicted octanol–water partition coefficient (Wildman–Crippen LogP) is 2.57. The fourth-order valence-electron chi connectivity index (χ4n) is 5.24. The molecule has 0 bridgehead atoms. The summed E-state index contributed by atoms with van der Waals surface area (Å²) < 4.78 is 14.4. The van der Waals surface area contributed by atoms with Gasteiger partial charge in [-0.05, 0) is 55.5 Å². The fraction of sp³-hybridized carbons (Fsp3) is 0.458. The number of nitrogens with zero attached hydrogens (tertiary/aromatic N) is 3. The first kappa shape index (κ1) is 20.1. The Kier molecular flexibility index (Phi) is 5.01. The number of piperazine rings is 1. The van der Waals surface area contributed by atoms with Gasteiger partial charge in [0, 0.05) is 61.6 Å². The standard InChI is InChI=1S/C24H27FN4O2/c1-14-9-15(3-4-18(14)24(31)29-7-5-28(2)6-8-29)16-10-17-13-26-21(30)12-19-22(17)20(11-16)27-23(19)25/h3-4,9,12,16-17H,5-8,10-11,13H2,1-2H3,(H,26,30). The molecule has 2 amide bonds. The minimum Gasteiger partial charge on any atom is -0.352 e. The minimum atomic E-state index is -0.544. The first-order chi connectivity index (χ1) is 14.9. The predicted molar refractivity (Wildman–Crippen MR) is 117 cm³/mol. The third kappa shape index (κ3) is 3.61. The van der Waals surface area contributed by atoms with Crippen molar-refractivity contribution >= 4 is 17.8 Å². The van der Waals surface area contributed by atoms with E-state index in [1.165, 1.54) is 6.08 Å². The van der Waals surface area contributed by atoms with E-state index in [4.69, 9.17) is 0 Å². The number of carbonyl (C=O) groups excluding carboxylic acids is 2. The van der Waals surface area contributed by atoms with Crippen molar-refractivity contribution < 1.29 is 14.0 Å². The van der Waals surface area contributed by atoms with Crippen LogP contribution in [-0.2, 0) is 4.79 Å². The maximum Gasteiger partial charge on any atom is 0.254 e. The Bertz CT molecular complexity index is 1050. The van der Waals surface area contributed by atoms with E-state index in [2.05, 4.69) is 28.3 Å². The van der Waals surface area contributed by atoms with Gasteiger partial charge in [0.15, 0.2) is 0 Å². The normalized spacial score (nSPS) is 26.2. The van der Waals surface area contributed by atoms with Gasteiger partial charge in [-0.15, -0.1) is 0 Å². The molecule has 6 nitrogen and oxygen atoms in total. The Morgan fingerprint density at radius 3 is 2.71 bits per heavy atom. The number of benzene rings is 1. The van der Waals surface area contributed by atoms with Gasteiger partial charge in [-0.2, -0.15) is 4.39 Å². The lowest BCUT2D eigenvalue weighted by Gasteiger charge is -2.33. The number of aryl methyl sites for hydroxylation is 1. The number of hydrogen-bond donors (Lipinski definition) is 1. The maximum atomic E-state index is 14.4. The molecule has 1 fully saturated rings. The van der Waals surface area contributed by atoms with Gasteiger partial charge in [-0.3, -0.25) is 9.59 Å². The van der Waals surface area contributed by atoms with Gasteiger partial charge in [0.05, 0.1) is 0 Å². The van der Waals surface area contributed by atoms with E-state index in [9.17, 15) is 14.0 Å². The van der Waals surface area contributed by atoms with E-state index in [0.717, 1.165) is 60.6 Å². The Morgan fingerprint density at radius 2 is 1.97 bits per heavy atom. The van der Waals surface area contributed by atoms with E-state index in [0.29, 0.717) is 18.5 Å². The second-order valence-electron chi connectivity index (χ2n) is 9.07. The zero-order valence-corrected chi connectivity index (χ0v) is 17.9. The minimum absolute atomic E-state index is 0.0513. The quantitative estimate of drug-likeness (QED) is 0.797. The number of nitrogens with one attached hydrogen (secondary N) is 1. The largest absolute Gasteiger partial charge is 0.352 e. The third-order valence-electron chi connectivity index (χ3n) is 7.01. The van der Waals surface area contributed by atoms with Gasteiger partial charge < -0.3 is 15.1 Å². The molecule has 5 rings (SSSR count). The number of likely N-dealkylation sites (N-methyl/N-ethyl adjacent to an activating group) is 1. The fourth-order valence-corrected chi connectivity index (χ4v) is 5.24. The number of halogens is 1. The van der Waals surface area contributed by atoms with Gasteiger partial charge in [-0.25, -0.2) is 4.99 Å². The molecule has 0 radical (unpaired) electrons. The molecule has 31 heavy (non-hydrogen) atoms. The second-order valence-corrected chi connectivity index (χ2v) is 9.07.